The zero-order chi connectivity index (χ0) is 16.2. The predicted molar refractivity (Wildman–Crippen MR) is 77.0 cm³/mol. The first-order valence-electron chi connectivity index (χ1n) is 6.26. The molecule has 0 unspecified atom stereocenters. The van der Waals surface area contributed by atoms with Gasteiger partial charge in [0.1, 0.15) is 10.7 Å². The van der Waals surface area contributed by atoms with Crippen molar-refractivity contribution in [3.05, 3.63) is 41.7 Å². The van der Waals surface area contributed by atoms with Crippen LogP contribution >= 0.6 is 0 Å². The highest BCUT2D eigenvalue weighted by molar-refractivity contribution is 7.89. The summed E-state index contributed by atoms with van der Waals surface area (Å²) in [5.41, 5.74) is 0.605. The van der Waals surface area contributed by atoms with Crippen molar-refractivity contribution in [1.29, 1.82) is 0 Å². The van der Waals surface area contributed by atoms with Gasteiger partial charge in [-0.1, -0.05) is 19.1 Å². The smallest absolute Gasteiger partial charge is 0.337 e. The van der Waals surface area contributed by atoms with Crippen LogP contribution in [0, 0.1) is 5.82 Å². The van der Waals surface area contributed by atoms with Gasteiger partial charge in [-0.3, -0.25) is 0 Å². The number of halogens is 1. The lowest BCUT2D eigenvalue weighted by molar-refractivity contribution is 0.0600. The van der Waals surface area contributed by atoms with Crippen molar-refractivity contribution in [2.75, 3.05) is 20.2 Å². The highest BCUT2D eigenvalue weighted by Gasteiger charge is 2.27. The van der Waals surface area contributed by atoms with Gasteiger partial charge in [-0.2, -0.15) is 4.31 Å². The molecule has 1 aromatic carbocycles. The van der Waals surface area contributed by atoms with E-state index in [1.807, 2.05) is 0 Å². The minimum absolute atomic E-state index is 0.0242. The van der Waals surface area contributed by atoms with E-state index in [9.17, 15) is 17.6 Å². The number of rotatable bonds is 6. The number of carbonyl (C=O) groups is 1. The standard InChI is InChI=1S/C14H18FNO4S/c1-5-16(9-10(2)3)21(18,19)13-8-11(14(17)20-4)6-7-12(13)15/h6-8H,2,5,9H2,1,3-4H3. The van der Waals surface area contributed by atoms with Crippen molar-refractivity contribution in [3.8, 4) is 0 Å². The van der Waals surface area contributed by atoms with Crippen LogP contribution in [0.5, 0.6) is 0 Å². The van der Waals surface area contributed by atoms with Gasteiger partial charge in [-0.05, 0) is 25.1 Å². The Morgan fingerprint density at radius 2 is 2.05 bits per heavy atom. The van der Waals surface area contributed by atoms with Crippen molar-refractivity contribution >= 4 is 16.0 Å². The number of sulfonamides is 1. The van der Waals surface area contributed by atoms with Gasteiger partial charge >= 0.3 is 5.97 Å². The third-order valence-electron chi connectivity index (χ3n) is 2.77. The van der Waals surface area contributed by atoms with Crippen LogP contribution in [0.1, 0.15) is 24.2 Å². The Bertz CT molecular complexity index is 655. The van der Waals surface area contributed by atoms with E-state index in [1.165, 1.54) is 13.2 Å². The largest absolute Gasteiger partial charge is 0.465 e. The molecular formula is C14H18FNO4S. The average molecular weight is 315 g/mol. The molecule has 0 saturated carbocycles. The summed E-state index contributed by atoms with van der Waals surface area (Å²) in [6.45, 7) is 7.23. The summed E-state index contributed by atoms with van der Waals surface area (Å²) in [4.78, 5) is 10.9. The molecule has 0 aliphatic carbocycles. The van der Waals surface area contributed by atoms with E-state index in [2.05, 4.69) is 11.3 Å². The maximum Gasteiger partial charge on any atom is 0.337 e. The molecule has 1 aromatic rings. The predicted octanol–water partition coefficient (Wildman–Crippen LogP) is 2.20. The minimum Gasteiger partial charge on any atom is -0.465 e. The number of carbonyl (C=O) groups excluding carboxylic acids is 1. The first kappa shape index (κ1) is 17.3. The highest BCUT2D eigenvalue weighted by atomic mass is 32.2. The van der Waals surface area contributed by atoms with Crippen molar-refractivity contribution < 1.29 is 22.3 Å². The van der Waals surface area contributed by atoms with Gasteiger partial charge in [-0.25, -0.2) is 17.6 Å². The summed E-state index contributed by atoms with van der Waals surface area (Å²) >= 11 is 0. The van der Waals surface area contributed by atoms with E-state index in [4.69, 9.17) is 0 Å². The van der Waals surface area contributed by atoms with Crippen molar-refractivity contribution in [1.82, 2.24) is 4.31 Å². The third kappa shape index (κ3) is 3.89. The molecule has 1 rings (SSSR count). The molecule has 0 heterocycles. The number of likely N-dealkylation sites (N-methyl/N-ethyl adjacent to an activating group) is 1. The Morgan fingerprint density at radius 1 is 1.43 bits per heavy atom. The summed E-state index contributed by atoms with van der Waals surface area (Å²) in [6.07, 6.45) is 0. The normalized spacial score (nSPS) is 11.5. The fraction of sp³-hybridized carbons (Fsp3) is 0.357. The molecule has 0 amide bonds. The van der Waals surface area contributed by atoms with Crippen LogP contribution in [0.25, 0.3) is 0 Å². The van der Waals surface area contributed by atoms with Crippen LogP contribution in [0.4, 0.5) is 4.39 Å². The lowest BCUT2D eigenvalue weighted by atomic mass is 10.2. The van der Waals surface area contributed by atoms with Gasteiger partial charge in [-0.15, -0.1) is 0 Å². The van der Waals surface area contributed by atoms with Crippen molar-refractivity contribution in [2.45, 2.75) is 18.7 Å². The van der Waals surface area contributed by atoms with E-state index in [1.54, 1.807) is 13.8 Å². The first-order chi connectivity index (χ1) is 9.73. The molecule has 0 bridgehead atoms. The van der Waals surface area contributed by atoms with E-state index in [0.29, 0.717) is 5.57 Å². The third-order valence-corrected chi connectivity index (χ3v) is 4.70. The second-order valence-corrected chi connectivity index (χ2v) is 6.43. The molecule has 0 fully saturated rings. The Hall–Kier alpha value is -1.73. The van der Waals surface area contributed by atoms with E-state index in [-0.39, 0.29) is 18.7 Å². The number of hydrogen-bond donors (Lipinski definition) is 0. The SMILES string of the molecule is C=C(C)CN(CC)S(=O)(=O)c1cc(C(=O)OC)ccc1F. The molecule has 0 radical (unpaired) electrons. The monoisotopic (exact) mass is 315 g/mol. The Balaban J connectivity index is 3.35. The quantitative estimate of drug-likeness (QED) is 0.596. The molecular weight excluding hydrogens is 297 g/mol. The van der Waals surface area contributed by atoms with Crippen LogP contribution in [-0.4, -0.2) is 38.9 Å². The fourth-order valence-corrected chi connectivity index (χ4v) is 3.35. The topological polar surface area (TPSA) is 63.7 Å². The lowest BCUT2D eigenvalue weighted by Gasteiger charge is -2.21. The number of esters is 1. The van der Waals surface area contributed by atoms with Gasteiger partial charge in [0, 0.05) is 13.1 Å². The number of benzene rings is 1. The summed E-state index contributed by atoms with van der Waals surface area (Å²) in [6, 6.07) is 3.10. The second-order valence-electron chi connectivity index (χ2n) is 4.53. The van der Waals surface area contributed by atoms with Gasteiger partial charge in [0.15, 0.2) is 0 Å². The van der Waals surface area contributed by atoms with Crippen LogP contribution in [0.15, 0.2) is 35.2 Å². The van der Waals surface area contributed by atoms with Gasteiger partial charge in [0.2, 0.25) is 10.0 Å². The van der Waals surface area contributed by atoms with Gasteiger partial charge in [0.25, 0.3) is 0 Å². The maximum absolute atomic E-state index is 13.9. The van der Waals surface area contributed by atoms with Crippen LogP contribution < -0.4 is 0 Å². The van der Waals surface area contributed by atoms with Crippen LogP contribution in [0.2, 0.25) is 0 Å². The molecule has 7 heteroatoms. The lowest BCUT2D eigenvalue weighted by Crippen LogP contribution is -2.33. The van der Waals surface area contributed by atoms with Gasteiger partial charge < -0.3 is 4.74 Å². The molecule has 0 atom stereocenters. The molecule has 21 heavy (non-hydrogen) atoms. The highest BCUT2D eigenvalue weighted by Crippen LogP contribution is 2.21. The van der Waals surface area contributed by atoms with E-state index >= 15 is 0 Å². The molecule has 5 nitrogen and oxygen atoms in total. The first-order valence-corrected chi connectivity index (χ1v) is 7.70. The van der Waals surface area contributed by atoms with Gasteiger partial charge in [0.05, 0.1) is 12.7 Å². The molecule has 0 saturated heterocycles. The zero-order valence-corrected chi connectivity index (χ0v) is 13.0. The summed E-state index contributed by atoms with van der Waals surface area (Å²) in [5, 5.41) is 0. The second kappa shape index (κ2) is 6.82. The summed E-state index contributed by atoms with van der Waals surface area (Å²) < 4.78 is 44.4. The minimum atomic E-state index is -4.05. The molecule has 0 aliphatic heterocycles. The van der Waals surface area contributed by atoms with E-state index < -0.39 is 26.7 Å². The zero-order valence-electron chi connectivity index (χ0n) is 12.2. The number of ether oxygens (including phenoxy) is 1. The summed E-state index contributed by atoms with van der Waals surface area (Å²) in [7, 11) is -2.89. The van der Waals surface area contributed by atoms with Crippen LogP contribution in [0.3, 0.4) is 0 Å². The average Bonchev–Trinajstić information content (AvgIpc) is 2.43. The Labute approximate surface area is 124 Å². The van der Waals surface area contributed by atoms with Crippen LogP contribution in [-0.2, 0) is 14.8 Å². The Morgan fingerprint density at radius 3 is 2.52 bits per heavy atom. The number of nitrogens with zero attached hydrogens (tertiary/aromatic N) is 1. The molecule has 0 aromatic heterocycles. The van der Waals surface area contributed by atoms with Crippen molar-refractivity contribution in [2.24, 2.45) is 0 Å². The molecule has 0 spiro atoms. The summed E-state index contributed by atoms with van der Waals surface area (Å²) in [5.74, 6) is -1.64. The number of methoxy groups -OCH3 is 1. The number of hydrogen-bond acceptors (Lipinski definition) is 4. The fourth-order valence-electron chi connectivity index (χ4n) is 1.75. The molecule has 116 valence electrons. The van der Waals surface area contributed by atoms with Crippen molar-refractivity contribution in [3.63, 3.8) is 0 Å². The maximum atomic E-state index is 13.9. The van der Waals surface area contributed by atoms with E-state index in [0.717, 1.165) is 16.4 Å². The Kier molecular flexibility index (Phi) is 5.62. The molecule has 0 N–H and O–H groups in total. The molecule has 0 aliphatic rings.